The van der Waals surface area contributed by atoms with E-state index in [-0.39, 0.29) is 54.2 Å². The minimum absolute atomic E-state index is 0.0478. The zero-order chi connectivity index (χ0) is 42.3. The first-order valence-electron chi connectivity index (χ1n) is 22.0. The predicted octanol–water partition coefficient (Wildman–Crippen LogP) is 7.43. The number of ether oxygens (including phenoxy) is 1. The standard InChI is InChI=1S/C27H34FN3O4.C19H27N3O3/c28-21-10-8-19(9-11-21)14-16-35-27-23(26(34)29-22-6-2-1-3-7-22)12-13-24(30-27)31-15-4-5-20(18-31)17-25(32)33;23-18(24)11-14-5-4-10-22(13-14)17-9-8-15(12-20-17)19(25)21-16-6-2-1-3-7-16/h8-13,20,22H,1-7,14-18H2,(H,29,34)(H,32,33);8-9,12,14,16H,1-7,10-11,13H2,(H,21,25)(H,23,24)/t20-;14-/m00/s1. The molecular formula is C46H61FN6O7. The number of benzene rings is 1. The van der Waals surface area contributed by atoms with Gasteiger partial charge >= 0.3 is 11.9 Å². The molecule has 4 fully saturated rings. The Bertz CT molecular complexity index is 1870. The molecule has 0 spiro atoms. The lowest BCUT2D eigenvalue weighted by molar-refractivity contribution is -0.139. The number of aliphatic carboxylic acids is 2. The Labute approximate surface area is 352 Å². The van der Waals surface area contributed by atoms with E-state index in [9.17, 15) is 28.7 Å². The number of pyridine rings is 2. The van der Waals surface area contributed by atoms with Crippen LogP contribution in [0.4, 0.5) is 16.0 Å². The van der Waals surface area contributed by atoms with Crippen molar-refractivity contribution in [2.24, 2.45) is 11.8 Å². The number of carboxylic acids is 2. The van der Waals surface area contributed by atoms with E-state index >= 15 is 0 Å². The second-order valence-electron chi connectivity index (χ2n) is 16.9. The highest BCUT2D eigenvalue weighted by Crippen LogP contribution is 2.29. The minimum atomic E-state index is -0.788. The third-order valence-electron chi connectivity index (χ3n) is 12.1. The number of piperidine rings is 2. The van der Waals surface area contributed by atoms with E-state index < -0.39 is 11.9 Å². The van der Waals surface area contributed by atoms with Gasteiger partial charge < -0.3 is 35.4 Å². The lowest BCUT2D eigenvalue weighted by Gasteiger charge is -2.33. The molecule has 0 bridgehead atoms. The van der Waals surface area contributed by atoms with Gasteiger partial charge in [0.2, 0.25) is 5.88 Å². The number of carbonyl (C=O) groups is 4. The topological polar surface area (TPSA) is 174 Å². The molecule has 7 rings (SSSR count). The smallest absolute Gasteiger partial charge is 0.303 e. The molecule has 14 heteroatoms. The first-order chi connectivity index (χ1) is 29.1. The van der Waals surface area contributed by atoms with Crippen LogP contribution in [-0.4, -0.2) is 88.8 Å². The van der Waals surface area contributed by atoms with Crippen LogP contribution in [0.1, 0.15) is 129 Å². The van der Waals surface area contributed by atoms with Crippen LogP contribution in [0.5, 0.6) is 5.88 Å². The van der Waals surface area contributed by atoms with Crippen molar-refractivity contribution in [2.45, 2.75) is 121 Å². The molecule has 13 nitrogen and oxygen atoms in total. The fraction of sp³-hybridized carbons (Fsp3) is 0.565. The average Bonchev–Trinajstić information content (AvgIpc) is 3.25. The molecule has 3 aromatic rings. The first-order valence-corrected chi connectivity index (χ1v) is 22.0. The van der Waals surface area contributed by atoms with Gasteiger partial charge in [0, 0.05) is 63.7 Å². The number of nitrogens with one attached hydrogen (secondary N) is 2. The zero-order valence-corrected chi connectivity index (χ0v) is 34.7. The minimum Gasteiger partial charge on any atom is -0.481 e. The summed E-state index contributed by atoms with van der Waals surface area (Å²) < 4.78 is 19.2. The number of rotatable bonds is 14. The van der Waals surface area contributed by atoms with Crippen LogP contribution in [0.2, 0.25) is 0 Å². The van der Waals surface area contributed by atoms with Crippen LogP contribution < -0.4 is 25.2 Å². The first kappa shape index (κ1) is 44.3. The molecule has 0 unspecified atom stereocenters. The van der Waals surface area contributed by atoms with Gasteiger partial charge in [-0.15, -0.1) is 0 Å². The Hall–Kier alpha value is -5.27. The van der Waals surface area contributed by atoms with Gasteiger partial charge in [-0.25, -0.2) is 9.37 Å². The Morgan fingerprint density at radius 1 is 0.667 bits per heavy atom. The number of aromatic nitrogens is 2. The van der Waals surface area contributed by atoms with Gasteiger partial charge in [-0.3, -0.25) is 19.2 Å². The Morgan fingerprint density at radius 3 is 1.77 bits per heavy atom. The van der Waals surface area contributed by atoms with E-state index in [0.29, 0.717) is 49.1 Å². The summed E-state index contributed by atoms with van der Waals surface area (Å²) in [6.45, 7) is 3.30. The van der Waals surface area contributed by atoms with Crippen LogP contribution in [0.25, 0.3) is 0 Å². The summed E-state index contributed by atoms with van der Waals surface area (Å²) in [5, 5.41) is 24.4. The second kappa shape index (κ2) is 22.4. The normalized spacial score (nSPS) is 20.0. The summed E-state index contributed by atoms with van der Waals surface area (Å²) in [5.41, 5.74) is 1.93. The number of anilines is 2. The molecule has 1 aromatic carbocycles. The summed E-state index contributed by atoms with van der Waals surface area (Å²) in [7, 11) is 0. The fourth-order valence-corrected chi connectivity index (χ4v) is 8.91. The fourth-order valence-electron chi connectivity index (χ4n) is 8.91. The van der Waals surface area contributed by atoms with Crippen molar-refractivity contribution in [3.05, 3.63) is 77.2 Å². The number of halogens is 1. The highest BCUT2D eigenvalue weighted by molar-refractivity contribution is 5.97. The lowest BCUT2D eigenvalue weighted by atomic mass is 9.95. The summed E-state index contributed by atoms with van der Waals surface area (Å²) in [6.07, 6.45) is 17.4. The Kier molecular flexibility index (Phi) is 16.5. The number of carboxylic acid groups (broad SMARTS) is 2. The van der Waals surface area contributed by atoms with Crippen LogP contribution in [0.3, 0.4) is 0 Å². The molecule has 2 atom stereocenters. The molecule has 60 heavy (non-hydrogen) atoms. The summed E-state index contributed by atoms with van der Waals surface area (Å²) in [6, 6.07) is 14.0. The SMILES string of the molecule is O=C(O)C[C@@H]1CCCN(c2ccc(C(=O)NC3CCCCC3)c(OCCc3ccc(F)cc3)n2)C1.O=C(O)C[C@@H]1CCCN(c2ccc(C(=O)NC3CCCCC3)cn2)C1. The molecule has 2 saturated heterocycles. The molecule has 0 radical (unpaired) electrons. The van der Waals surface area contributed by atoms with Crippen molar-refractivity contribution in [3.8, 4) is 5.88 Å². The Balaban J connectivity index is 0.000000213. The molecule has 4 aliphatic rings. The maximum atomic E-state index is 13.2. The number of hydrogen-bond acceptors (Lipinski definition) is 9. The number of hydrogen-bond donors (Lipinski definition) is 4. The summed E-state index contributed by atoms with van der Waals surface area (Å²) in [5.74, 6) is -0.0213. The molecule has 2 saturated carbocycles. The van der Waals surface area contributed by atoms with Crippen LogP contribution >= 0.6 is 0 Å². The molecular weight excluding hydrogens is 768 g/mol. The third kappa shape index (κ3) is 13.6. The van der Waals surface area contributed by atoms with Gasteiger partial charge in [-0.2, -0.15) is 4.98 Å². The van der Waals surface area contributed by atoms with E-state index in [1.165, 1.54) is 37.8 Å². The largest absolute Gasteiger partial charge is 0.481 e. The van der Waals surface area contributed by atoms with Crippen molar-refractivity contribution in [1.82, 2.24) is 20.6 Å². The van der Waals surface area contributed by atoms with Gasteiger partial charge in [-0.05, 0) is 105 Å². The zero-order valence-electron chi connectivity index (χ0n) is 34.7. The van der Waals surface area contributed by atoms with E-state index in [1.54, 1.807) is 24.4 Å². The van der Waals surface area contributed by atoms with Crippen molar-refractivity contribution in [3.63, 3.8) is 0 Å². The van der Waals surface area contributed by atoms with Crippen molar-refractivity contribution in [2.75, 3.05) is 42.6 Å². The summed E-state index contributed by atoms with van der Waals surface area (Å²) in [4.78, 5) is 60.9. The van der Waals surface area contributed by atoms with Gasteiger partial charge in [-0.1, -0.05) is 50.7 Å². The van der Waals surface area contributed by atoms with Gasteiger partial charge in [0.15, 0.2) is 0 Å². The maximum absolute atomic E-state index is 13.2. The van der Waals surface area contributed by atoms with Crippen molar-refractivity contribution >= 4 is 35.4 Å². The highest BCUT2D eigenvalue weighted by atomic mass is 19.1. The molecule has 4 heterocycles. The quantitative estimate of drug-likeness (QED) is 0.127. The van der Waals surface area contributed by atoms with Gasteiger partial charge in [0.05, 0.1) is 12.2 Å². The van der Waals surface area contributed by atoms with Crippen LogP contribution in [0, 0.1) is 17.7 Å². The monoisotopic (exact) mass is 828 g/mol. The van der Waals surface area contributed by atoms with Gasteiger partial charge in [0.25, 0.3) is 11.8 Å². The molecule has 2 amide bonds. The van der Waals surface area contributed by atoms with E-state index in [4.69, 9.17) is 14.8 Å². The van der Waals surface area contributed by atoms with Crippen molar-refractivity contribution < 1.29 is 38.5 Å². The maximum Gasteiger partial charge on any atom is 0.303 e. The predicted molar refractivity (Wildman–Crippen MR) is 227 cm³/mol. The second-order valence-corrected chi connectivity index (χ2v) is 16.9. The van der Waals surface area contributed by atoms with Crippen molar-refractivity contribution in [1.29, 1.82) is 0 Å². The molecule has 2 aromatic heterocycles. The van der Waals surface area contributed by atoms with E-state index in [0.717, 1.165) is 88.7 Å². The van der Waals surface area contributed by atoms with Crippen LogP contribution in [-0.2, 0) is 16.0 Å². The molecule has 2 aliphatic carbocycles. The molecule has 324 valence electrons. The lowest BCUT2D eigenvalue weighted by Crippen LogP contribution is -2.38. The molecule has 2 aliphatic heterocycles. The highest BCUT2D eigenvalue weighted by Gasteiger charge is 2.27. The van der Waals surface area contributed by atoms with E-state index in [1.807, 2.05) is 18.2 Å². The van der Waals surface area contributed by atoms with Crippen LogP contribution in [0.15, 0.2) is 54.7 Å². The van der Waals surface area contributed by atoms with Gasteiger partial charge in [0.1, 0.15) is 23.0 Å². The Morgan fingerprint density at radius 2 is 1.22 bits per heavy atom. The van der Waals surface area contributed by atoms with E-state index in [2.05, 4.69) is 25.4 Å². The summed E-state index contributed by atoms with van der Waals surface area (Å²) >= 11 is 0. The number of amides is 2. The molecule has 4 N–H and O–H groups in total. The average molecular weight is 829 g/mol. The third-order valence-corrected chi connectivity index (χ3v) is 12.1. The number of nitrogens with zero attached hydrogens (tertiary/aromatic N) is 4. The number of carbonyl (C=O) groups excluding carboxylic acids is 2.